The number of nitrogens with zero attached hydrogens (tertiary/aromatic N) is 1. The summed E-state index contributed by atoms with van der Waals surface area (Å²) in [5, 5.41) is 8.66. The maximum atomic E-state index is 10.6. The largest absolute Gasteiger partial charge is 0.480 e. The van der Waals surface area contributed by atoms with Gasteiger partial charge >= 0.3 is 5.97 Å². The Morgan fingerprint density at radius 3 is 2.20 bits per heavy atom. The Morgan fingerprint density at radius 2 is 1.80 bits per heavy atom. The van der Waals surface area contributed by atoms with Crippen molar-refractivity contribution in [1.82, 2.24) is 0 Å². The van der Waals surface area contributed by atoms with Gasteiger partial charge in [0.2, 0.25) is 0 Å². The molecule has 80 valence electrons. The van der Waals surface area contributed by atoms with Crippen LogP contribution in [0.5, 0.6) is 0 Å². The normalized spacial score (nSPS) is 11.8. The summed E-state index contributed by atoms with van der Waals surface area (Å²) in [6.07, 6.45) is 0. The lowest BCUT2D eigenvalue weighted by atomic mass is 10.1. The van der Waals surface area contributed by atoms with Crippen molar-refractivity contribution >= 4 is 17.6 Å². The van der Waals surface area contributed by atoms with Gasteiger partial charge in [-0.05, 0) is 17.7 Å². The Balaban J connectivity index is 2.90. The van der Waals surface area contributed by atoms with Gasteiger partial charge in [0.1, 0.15) is 6.04 Å². The predicted octanol–water partition coefficient (Wildman–Crippen LogP) is -0.324. The average molecular weight is 208 g/mol. The van der Waals surface area contributed by atoms with Crippen molar-refractivity contribution in [3.63, 3.8) is 0 Å². The third kappa shape index (κ3) is 2.96. The summed E-state index contributed by atoms with van der Waals surface area (Å²) in [4.78, 5) is 14.4. The van der Waals surface area contributed by atoms with Gasteiger partial charge in [0.05, 0.1) is 5.69 Å². The molecule has 0 aromatic heterocycles. The van der Waals surface area contributed by atoms with Crippen LogP contribution in [0.25, 0.3) is 0 Å². The Bertz CT molecular complexity index is 382. The molecule has 0 saturated carbocycles. The first kappa shape index (κ1) is 11.0. The summed E-state index contributed by atoms with van der Waals surface area (Å²) in [6.45, 7) is 0. The van der Waals surface area contributed by atoms with Gasteiger partial charge in [-0.2, -0.15) is 0 Å². The molecule has 0 heterocycles. The van der Waals surface area contributed by atoms with E-state index in [1.165, 1.54) is 0 Å². The number of benzene rings is 1. The molecule has 1 rings (SSSR count). The number of hydrogen-bond acceptors (Lipinski definition) is 3. The summed E-state index contributed by atoms with van der Waals surface area (Å²) in [5.41, 5.74) is 16.8. The van der Waals surface area contributed by atoms with E-state index in [2.05, 4.69) is 4.99 Å². The molecule has 0 unspecified atom stereocenters. The Morgan fingerprint density at radius 1 is 1.27 bits per heavy atom. The topological polar surface area (TPSA) is 128 Å². The van der Waals surface area contributed by atoms with Gasteiger partial charge in [-0.25, -0.2) is 4.99 Å². The molecule has 0 spiro atoms. The van der Waals surface area contributed by atoms with E-state index in [0.717, 1.165) is 0 Å². The third-order valence-corrected chi connectivity index (χ3v) is 1.78. The molecule has 0 aliphatic rings. The number of carbonyl (C=O) groups is 1. The smallest absolute Gasteiger partial charge is 0.325 e. The second-order valence-electron chi connectivity index (χ2n) is 2.94. The number of nitrogens with two attached hydrogens (primary N) is 3. The molecule has 0 fully saturated rings. The zero-order valence-corrected chi connectivity index (χ0v) is 7.92. The third-order valence-electron chi connectivity index (χ3n) is 1.78. The standard InChI is InChI=1S/C9H12N4O2/c10-7(8(14)15)5-1-3-6(4-2-5)13-9(11)12/h1-4,7H,10H2,(H,14,15)(H4,11,12,13)/t7-/m0/s1. The summed E-state index contributed by atoms with van der Waals surface area (Å²) < 4.78 is 0. The summed E-state index contributed by atoms with van der Waals surface area (Å²) >= 11 is 0. The number of guanidine groups is 1. The van der Waals surface area contributed by atoms with E-state index in [0.29, 0.717) is 11.3 Å². The van der Waals surface area contributed by atoms with Crippen LogP contribution in [0.3, 0.4) is 0 Å². The maximum absolute atomic E-state index is 10.6. The van der Waals surface area contributed by atoms with E-state index in [4.69, 9.17) is 22.3 Å². The molecule has 6 heteroatoms. The fraction of sp³-hybridized carbons (Fsp3) is 0.111. The molecular formula is C9H12N4O2. The SMILES string of the molecule is NC(N)=Nc1ccc([C@H](N)C(=O)O)cc1. The van der Waals surface area contributed by atoms with Gasteiger partial charge in [-0.15, -0.1) is 0 Å². The fourth-order valence-corrected chi connectivity index (χ4v) is 1.05. The molecule has 1 aromatic carbocycles. The van der Waals surface area contributed by atoms with Gasteiger partial charge in [-0.3, -0.25) is 4.79 Å². The molecule has 6 nitrogen and oxygen atoms in total. The zero-order valence-electron chi connectivity index (χ0n) is 7.92. The first-order valence-corrected chi connectivity index (χ1v) is 4.18. The average Bonchev–Trinajstić information content (AvgIpc) is 2.17. The van der Waals surface area contributed by atoms with Crippen molar-refractivity contribution < 1.29 is 9.90 Å². The highest BCUT2D eigenvalue weighted by Crippen LogP contribution is 2.16. The molecule has 15 heavy (non-hydrogen) atoms. The summed E-state index contributed by atoms with van der Waals surface area (Å²) in [5.74, 6) is -1.13. The van der Waals surface area contributed by atoms with Crippen molar-refractivity contribution in [1.29, 1.82) is 0 Å². The Kier molecular flexibility index (Phi) is 3.25. The second-order valence-corrected chi connectivity index (χ2v) is 2.94. The fourth-order valence-electron chi connectivity index (χ4n) is 1.05. The van der Waals surface area contributed by atoms with E-state index in [9.17, 15) is 4.79 Å². The Hall–Kier alpha value is -2.08. The number of carboxylic acids is 1. The monoisotopic (exact) mass is 208 g/mol. The van der Waals surface area contributed by atoms with E-state index in [-0.39, 0.29) is 5.96 Å². The van der Waals surface area contributed by atoms with Gasteiger partial charge in [0, 0.05) is 0 Å². The summed E-state index contributed by atoms with van der Waals surface area (Å²) in [7, 11) is 0. The molecule has 0 bridgehead atoms. The minimum Gasteiger partial charge on any atom is -0.480 e. The molecule has 0 aliphatic carbocycles. The number of rotatable bonds is 3. The van der Waals surface area contributed by atoms with Crippen LogP contribution < -0.4 is 17.2 Å². The van der Waals surface area contributed by atoms with Gasteiger partial charge < -0.3 is 22.3 Å². The molecular weight excluding hydrogens is 196 g/mol. The minimum atomic E-state index is -1.08. The van der Waals surface area contributed by atoms with Crippen LogP contribution in [0.1, 0.15) is 11.6 Å². The van der Waals surface area contributed by atoms with E-state index in [1.54, 1.807) is 24.3 Å². The number of carboxylic acid groups (broad SMARTS) is 1. The second kappa shape index (κ2) is 4.43. The van der Waals surface area contributed by atoms with Crippen LogP contribution in [0, 0.1) is 0 Å². The van der Waals surface area contributed by atoms with Crippen molar-refractivity contribution in [2.24, 2.45) is 22.2 Å². The molecule has 0 radical (unpaired) electrons. The van der Waals surface area contributed by atoms with Gasteiger partial charge in [0.25, 0.3) is 0 Å². The quantitative estimate of drug-likeness (QED) is 0.399. The number of aliphatic carboxylic acids is 1. The molecule has 1 atom stereocenters. The Labute approximate surface area is 86.4 Å². The first-order chi connectivity index (χ1) is 7.00. The number of hydrogen-bond donors (Lipinski definition) is 4. The van der Waals surface area contributed by atoms with Crippen LogP contribution in [0.15, 0.2) is 29.3 Å². The van der Waals surface area contributed by atoms with Crippen LogP contribution >= 0.6 is 0 Å². The van der Waals surface area contributed by atoms with Crippen LogP contribution in [0.2, 0.25) is 0 Å². The highest BCUT2D eigenvalue weighted by atomic mass is 16.4. The molecule has 7 N–H and O–H groups in total. The van der Waals surface area contributed by atoms with Crippen molar-refractivity contribution in [2.45, 2.75) is 6.04 Å². The molecule has 0 aliphatic heterocycles. The van der Waals surface area contributed by atoms with Crippen LogP contribution in [-0.4, -0.2) is 17.0 Å². The van der Waals surface area contributed by atoms with Crippen molar-refractivity contribution in [2.75, 3.05) is 0 Å². The van der Waals surface area contributed by atoms with Crippen molar-refractivity contribution in [3.05, 3.63) is 29.8 Å². The van der Waals surface area contributed by atoms with Gasteiger partial charge in [-0.1, -0.05) is 12.1 Å². The lowest BCUT2D eigenvalue weighted by molar-refractivity contribution is -0.138. The zero-order chi connectivity index (χ0) is 11.4. The van der Waals surface area contributed by atoms with E-state index < -0.39 is 12.0 Å². The lowest BCUT2D eigenvalue weighted by Gasteiger charge is -2.06. The van der Waals surface area contributed by atoms with Gasteiger partial charge in [0.15, 0.2) is 5.96 Å². The van der Waals surface area contributed by atoms with Crippen LogP contribution in [0.4, 0.5) is 5.69 Å². The molecule has 1 aromatic rings. The van der Waals surface area contributed by atoms with Crippen LogP contribution in [-0.2, 0) is 4.79 Å². The summed E-state index contributed by atoms with van der Waals surface area (Å²) in [6, 6.07) is 5.30. The van der Waals surface area contributed by atoms with E-state index in [1.807, 2.05) is 0 Å². The highest BCUT2D eigenvalue weighted by molar-refractivity contribution is 5.79. The number of aliphatic imine (C=N–C) groups is 1. The highest BCUT2D eigenvalue weighted by Gasteiger charge is 2.13. The predicted molar refractivity (Wildman–Crippen MR) is 56.5 cm³/mol. The molecule has 0 saturated heterocycles. The minimum absolute atomic E-state index is 0.0507. The van der Waals surface area contributed by atoms with Crippen molar-refractivity contribution in [3.8, 4) is 0 Å². The first-order valence-electron chi connectivity index (χ1n) is 4.18. The lowest BCUT2D eigenvalue weighted by Crippen LogP contribution is -2.22. The molecule has 0 amide bonds. The van der Waals surface area contributed by atoms with E-state index >= 15 is 0 Å². The maximum Gasteiger partial charge on any atom is 0.325 e.